The molecular weight excluding hydrogens is 268 g/mol. The fourth-order valence-electron chi connectivity index (χ4n) is 2.91. The van der Waals surface area contributed by atoms with E-state index < -0.39 is 17.3 Å². The van der Waals surface area contributed by atoms with Gasteiger partial charge in [-0.25, -0.2) is 0 Å². The van der Waals surface area contributed by atoms with Crippen molar-refractivity contribution < 1.29 is 14.3 Å². The quantitative estimate of drug-likeness (QED) is 0.654. The number of benzene rings is 1. The minimum absolute atomic E-state index is 0.294. The highest BCUT2D eigenvalue weighted by atomic mass is 16.5. The van der Waals surface area contributed by atoms with Crippen LogP contribution in [0.2, 0.25) is 0 Å². The van der Waals surface area contributed by atoms with Gasteiger partial charge in [0.2, 0.25) is 5.91 Å². The fraction of sp³-hybridized carbons (Fsp3) is 0.500. The number of fused-ring (bicyclic) bond motifs is 1. The van der Waals surface area contributed by atoms with Crippen LogP contribution in [0.4, 0.5) is 5.69 Å². The van der Waals surface area contributed by atoms with E-state index in [1.807, 2.05) is 12.1 Å². The summed E-state index contributed by atoms with van der Waals surface area (Å²) in [5, 5.41) is 0. The number of anilines is 1. The number of nitrogens with zero attached hydrogens (tertiary/aromatic N) is 1. The highest BCUT2D eigenvalue weighted by Gasteiger charge is 2.56. The molecule has 0 atom stereocenters. The number of carbonyl (C=O) groups is 2. The summed E-state index contributed by atoms with van der Waals surface area (Å²) < 4.78 is 5.27. The molecule has 3 rings (SSSR count). The van der Waals surface area contributed by atoms with Gasteiger partial charge in [0.15, 0.2) is 0 Å². The molecule has 1 aromatic rings. The Kier molecular flexibility index (Phi) is 3.57. The zero-order valence-electron chi connectivity index (χ0n) is 12.0. The zero-order chi connectivity index (χ0) is 14.9. The number of primary amides is 1. The van der Waals surface area contributed by atoms with Gasteiger partial charge < -0.3 is 15.4 Å². The van der Waals surface area contributed by atoms with Crippen molar-refractivity contribution in [3.8, 4) is 0 Å². The van der Waals surface area contributed by atoms with Gasteiger partial charge in [0, 0.05) is 12.2 Å². The highest BCUT2D eigenvalue weighted by Crippen LogP contribution is 2.46. The second kappa shape index (κ2) is 5.39. The molecule has 1 fully saturated rings. The Bertz CT molecular complexity index is 566. The van der Waals surface area contributed by atoms with Gasteiger partial charge in [-0.3, -0.25) is 9.59 Å². The summed E-state index contributed by atoms with van der Waals surface area (Å²) in [6, 6.07) is 8.31. The number of amides is 1. The predicted molar refractivity (Wildman–Crippen MR) is 78.8 cm³/mol. The molecule has 0 aromatic heterocycles. The van der Waals surface area contributed by atoms with Crippen molar-refractivity contribution in [1.29, 1.82) is 0 Å². The Morgan fingerprint density at radius 2 is 2.05 bits per heavy atom. The molecule has 0 saturated heterocycles. The molecule has 2 aliphatic rings. The average Bonchev–Trinajstić information content (AvgIpc) is 3.29. The molecule has 1 aliphatic carbocycles. The number of para-hydroxylation sites is 1. The van der Waals surface area contributed by atoms with Crippen LogP contribution in [0.1, 0.15) is 24.8 Å². The Morgan fingerprint density at radius 3 is 2.76 bits per heavy atom. The van der Waals surface area contributed by atoms with E-state index in [1.54, 1.807) is 0 Å². The number of aryl methyl sites for hydroxylation is 1. The van der Waals surface area contributed by atoms with Gasteiger partial charge in [-0.2, -0.15) is 0 Å². The standard InChI is InChI=1S/C16H20N2O3/c17-14(19)16(7-8-16)15(20)21-11-10-18-9-3-5-12-4-1-2-6-13(12)18/h1-2,4,6H,3,5,7-11H2,(H2,17,19). The minimum atomic E-state index is -1.03. The number of ether oxygens (including phenoxy) is 1. The molecule has 21 heavy (non-hydrogen) atoms. The number of carbonyl (C=O) groups excluding carboxylic acids is 2. The van der Waals surface area contributed by atoms with Crippen LogP contribution >= 0.6 is 0 Å². The van der Waals surface area contributed by atoms with E-state index in [0.29, 0.717) is 26.0 Å². The lowest BCUT2D eigenvalue weighted by Crippen LogP contribution is -2.36. The number of hydrogen-bond donors (Lipinski definition) is 1. The van der Waals surface area contributed by atoms with E-state index in [4.69, 9.17) is 10.5 Å². The summed E-state index contributed by atoms with van der Waals surface area (Å²) in [5.74, 6) is -1.02. The van der Waals surface area contributed by atoms with E-state index in [-0.39, 0.29) is 0 Å². The van der Waals surface area contributed by atoms with E-state index >= 15 is 0 Å². The SMILES string of the molecule is NC(=O)C1(C(=O)OCCN2CCCc3ccccc32)CC1. The molecule has 5 heteroatoms. The van der Waals surface area contributed by atoms with Gasteiger partial charge in [-0.15, -0.1) is 0 Å². The van der Waals surface area contributed by atoms with Crippen LogP contribution in [0, 0.1) is 5.41 Å². The molecule has 1 amide bonds. The maximum absolute atomic E-state index is 11.9. The first-order valence-electron chi connectivity index (χ1n) is 7.43. The minimum Gasteiger partial charge on any atom is -0.463 e. The molecule has 0 spiro atoms. The zero-order valence-corrected chi connectivity index (χ0v) is 12.0. The molecule has 2 N–H and O–H groups in total. The molecule has 1 heterocycles. The lowest BCUT2D eigenvalue weighted by molar-refractivity contribution is -0.153. The van der Waals surface area contributed by atoms with Crippen molar-refractivity contribution >= 4 is 17.6 Å². The summed E-state index contributed by atoms with van der Waals surface area (Å²) in [5.41, 5.74) is 6.79. The first-order chi connectivity index (χ1) is 10.1. The molecule has 1 aliphatic heterocycles. The van der Waals surface area contributed by atoms with Gasteiger partial charge in [0.25, 0.3) is 0 Å². The number of hydrogen-bond acceptors (Lipinski definition) is 4. The summed E-state index contributed by atoms with van der Waals surface area (Å²) in [6.07, 6.45) is 3.24. The normalized spacial score (nSPS) is 18.8. The van der Waals surface area contributed by atoms with E-state index in [0.717, 1.165) is 19.4 Å². The van der Waals surface area contributed by atoms with Crippen LogP contribution in [0.5, 0.6) is 0 Å². The number of esters is 1. The second-order valence-electron chi connectivity index (χ2n) is 5.80. The number of nitrogens with two attached hydrogens (primary N) is 1. The van der Waals surface area contributed by atoms with Crippen LogP contribution in [0.15, 0.2) is 24.3 Å². The third kappa shape index (κ3) is 2.60. The van der Waals surface area contributed by atoms with Crippen molar-refractivity contribution in [2.45, 2.75) is 25.7 Å². The molecule has 1 saturated carbocycles. The molecule has 0 unspecified atom stereocenters. The molecule has 5 nitrogen and oxygen atoms in total. The largest absolute Gasteiger partial charge is 0.463 e. The highest BCUT2D eigenvalue weighted by molar-refractivity contribution is 6.04. The summed E-state index contributed by atoms with van der Waals surface area (Å²) >= 11 is 0. The Balaban J connectivity index is 1.55. The predicted octanol–water partition coefficient (Wildman–Crippen LogP) is 1.25. The average molecular weight is 288 g/mol. The molecule has 0 bridgehead atoms. The van der Waals surface area contributed by atoms with E-state index in [1.165, 1.54) is 11.3 Å². The molecule has 1 aromatic carbocycles. The lowest BCUT2D eigenvalue weighted by atomic mass is 10.0. The van der Waals surface area contributed by atoms with E-state index in [9.17, 15) is 9.59 Å². The van der Waals surface area contributed by atoms with Crippen LogP contribution in [0.3, 0.4) is 0 Å². The lowest BCUT2D eigenvalue weighted by Gasteiger charge is -2.31. The van der Waals surface area contributed by atoms with E-state index in [2.05, 4.69) is 17.0 Å². The third-order valence-corrected chi connectivity index (χ3v) is 4.41. The van der Waals surface area contributed by atoms with Crippen molar-refractivity contribution in [3.05, 3.63) is 29.8 Å². The van der Waals surface area contributed by atoms with Gasteiger partial charge in [-0.05, 0) is 37.3 Å². The molecule has 112 valence electrons. The van der Waals surface area contributed by atoms with Crippen LogP contribution in [0.25, 0.3) is 0 Å². The fourth-order valence-corrected chi connectivity index (χ4v) is 2.91. The van der Waals surface area contributed by atoms with Crippen LogP contribution < -0.4 is 10.6 Å². The third-order valence-electron chi connectivity index (χ3n) is 4.41. The van der Waals surface area contributed by atoms with Gasteiger partial charge in [0.05, 0.1) is 6.54 Å². The first-order valence-corrected chi connectivity index (χ1v) is 7.43. The summed E-state index contributed by atoms with van der Waals surface area (Å²) in [6.45, 7) is 1.91. The van der Waals surface area contributed by atoms with Gasteiger partial charge in [0.1, 0.15) is 12.0 Å². The molecular formula is C16H20N2O3. The van der Waals surface area contributed by atoms with Gasteiger partial charge >= 0.3 is 5.97 Å². The first kappa shape index (κ1) is 13.9. The second-order valence-corrected chi connectivity index (χ2v) is 5.80. The Morgan fingerprint density at radius 1 is 1.29 bits per heavy atom. The monoisotopic (exact) mass is 288 g/mol. The van der Waals surface area contributed by atoms with Crippen LogP contribution in [-0.4, -0.2) is 31.6 Å². The van der Waals surface area contributed by atoms with Crippen molar-refractivity contribution in [2.24, 2.45) is 11.1 Å². The van der Waals surface area contributed by atoms with Gasteiger partial charge in [-0.1, -0.05) is 18.2 Å². The summed E-state index contributed by atoms with van der Waals surface area (Å²) in [7, 11) is 0. The molecule has 0 radical (unpaired) electrons. The number of rotatable bonds is 5. The topological polar surface area (TPSA) is 72.6 Å². The van der Waals surface area contributed by atoms with Crippen LogP contribution in [-0.2, 0) is 20.7 Å². The Labute approximate surface area is 124 Å². The van der Waals surface area contributed by atoms with Crippen molar-refractivity contribution in [1.82, 2.24) is 0 Å². The van der Waals surface area contributed by atoms with Crippen molar-refractivity contribution in [2.75, 3.05) is 24.6 Å². The maximum atomic E-state index is 11.9. The Hall–Kier alpha value is -2.04. The van der Waals surface area contributed by atoms with Crippen molar-refractivity contribution in [3.63, 3.8) is 0 Å². The summed E-state index contributed by atoms with van der Waals surface area (Å²) in [4.78, 5) is 25.4. The smallest absolute Gasteiger partial charge is 0.321 e. The maximum Gasteiger partial charge on any atom is 0.321 e.